The van der Waals surface area contributed by atoms with E-state index in [4.69, 9.17) is 5.11 Å². The lowest BCUT2D eigenvalue weighted by molar-refractivity contribution is -0.153. The van der Waals surface area contributed by atoms with Crippen LogP contribution in [0.5, 0.6) is 0 Å². The molecule has 0 saturated heterocycles. The number of carbonyl (C=O) groups is 2. The molecular weight excluding hydrogens is 232 g/mol. The Labute approximate surface area is 98.6 Å². The van der Waals surface area contributed by atoms with Crippen molar-refractivity contribution in [2.45, 2.75) is 44.6 Å². The number of carbonyl (C=O) groups excluding carboxylic acids is 1. The van der Waals surface area contributed by atoms with Crippen LogP contribution in [0.3, 0.4) is 0 Å². The van der Waals surface area contributed by atoms with Crippen molar-refractivity contribution in [3.05, 3.63) is 0 Å². The van der Waals surface area contributed by atoms with Crippen LogP contribution in [0.25, 0.3) is 0 Å². The van der Waals surface area contributed by atoms with Gasteiger partial charge >= 0.3 is 5.97 Å². The summed E-state index contributed by atoms with van der Waals surface area (Å²) in [5, 5.41) is 9.09. The maximum atomic E-state index is 13.0. The monoisotopic (exact) mass is 249 g/mol. The van der Waals surface area contributed by atoms with Gasteiger partial charge in [-0.2, -0.15) is 0 Å². The SMILES string of the molecule is CC(=O)N(C)C(C(=O)O)C1CCC(F)(F)CC1. The van der Waals surface area contributed by atoms with Gasteiger partial charge in [0.15, 0.2) is 0 Å². The molecule has 1 rings (SSSR count). The number of nitrogens with zero attached hydrogens (tertiary/aromatic N) is 1. The fourth-order valence-electron chi connectivity index (χ4n) is 2.26. The quantitative estimate of drug-likeness (QED) is 0.828. The molecular formula is C11H17F2NO3. The summed E-state index contributed by atoms with van der Waals surface area (Å²) in [6.45, 7) is 1.27. The molecule has 98 valence electrons. The fourth-order valence-corrected chi connectivity index (χ4v) is 2.26. The molecule has 0 aromatic rings. The van der Waals surface area contributed by atoms with Gasteiger partial charge in [0, 0.05) is 26.8 Å². The second-order valence-corrected chi connectivity index (χ2v) is 4.61. The zero-order valence-electron chi connectivity index (χ0n) is 9.95. The number of likely N-dealkylation sites (N-methyl/N-ethyl adjacent to an activating group) is 1. The van der Waals surface area contributed by atoms with Crippen molar-refractivity contribution < 1.29 is 23.5 Å². The Bertz CT molecular complexity index is 310. The smallest absolute Gasteiger partial charge is 0.326 e. The number of alkyl halides is 2. The molecule has 1 saturated carbocycles. The van der Waals surface area contributed by atoms with Crippen LogP contribution in [0.4, 0.5) is 8.78 Å². The number of aliphatic carboxylic acids is 1. The van der Waals surface area contributed by atoms with E-state index in [1.54, 1.807) is 0 Å². The highest BCUT2D eigenvalue weighted by molar-refractivity contribution is 5.82. The number of hydrogen-bond acceptors (Lipinski definition) is 2. The summed E-state index contributed by atoms with van der Waals surface area (Å²) in [5.74, 6) is -4.57. The minimum Gasteiger partial charge on any atom is -0.480 e. The minimum absolute atomic E-state index is 0.140. The molecule has 0 aromatic carbocycles. The summed E-state index contributed by atoms with van der Waals surface area (Å²) in [6.07, 6.45) is -0.316. The standard InChI is InChI=1S/C11H17F2NO3/c1-7(15)14(2)9(10(16)17)8-3-5-11(12,13)6-4-8/h8-9H,3-6H2,1-2H3,(H,16,17). The third-order valence-electron chi connectivity index (χ3n) is 3.38. The van der Waals surface area contributed by atoms with E-state index in [0.717, 1.165) is 4.90 Å². The third-order valence-corrected chi connectivity index (χ3v) is 3.38. The highest BCUT2D eigenvalue weighted by Gasteiger charge is 2.41. The van der Waals surface area contributed by atoms with E-state index >= 15 is 0 Å². The first-order valence-electron chi connectivity index (χ1n) is 5.58. The summed E-state index contributed by atoms with van der Waals surface area (Å²) in [6, 6.07) is -0.997. The predicted octanol–water partition coefficient (Wildman–Crippen LogP) is 1.74. The molecule has 1 N–H and O–H groups in total. The normalized spacial score (nSPS) is 21.9. The summed E-state index contributed by atoms with van der Waals surface area (Å²) >= 11 is 0. The second kappa shape index (κ2) is 4.98. The molecule has 0 heterocycles. The van der Waals surface area contributed by atoms with Crippen LogP contribution >= 0.6 is 0 Å². The van der Waals surface area contributed by atoms with Gasteiger partial charge in [-0.3, -0.25) is 4.79 Å². The molecule has 1 aliphatic carbocycles. The lowest BCUT2D eigenvalue weighted by atomic mass is 9.81. The molecule has 1 unspecified atom stereocenters. The van der Waals surface area contributed by atoms with E-state index in [1.807, 2.05) is 0 Å². The van der Waals surface area contributed by atoms with E-state index in [-0.39, 0.29) is 37.5 Å². The van der Waals surface area contributed by atoms with Crippen LogP contribution in [0.1, 0.15) is 32.6 Å². The Morgan fingerprint density at radius 1 is 1.35 bits per heavy atom. The Balaban J connectivity index is 2.74. The molecule has 0 spiro atoms. The highest BCUT2D eigenvalue weighted by Crippen LogP contribution is 2.38. The van der Waals surface area contributed by atoms with Crippen molar-refractivity contribution in [2.75, 3.05) is 7.05 Å². The number of halogens is 2. The molecule has 4 nitrogen and oxygen atoms in total. The summed E-state index contributed by atoms with van der Waals surface area (Å²) in [5.41, 5.74) is 0. The second-order valence-electron chi connectivity index (χ2n) is 4.61. The van der Waals surface area contributed by atoms with Gasteiger partial charge in [-0.15, -0.1) is 0 Å². The first-order chi connectivity index (χ1) is 7.74. The Morgan fingerprint density at radius 2 is 1.82 bits per heavy atom. The molecule has 6 heteroatoms. The zero-order chi connectivity index (χ0) is 13.2. The number of amides is 1. The van der Waals surface area contributed by atoms with Crippen molar-refractivity contribution in [1.82, 2.24) is 4.90 Å². The van der Waals surface area contributed by atoms with Crippen LogP contribution in [0.15, 0.2) is 0 Å². The molecule has 0 aliphatic heterocycles. The first kappa shape index (κ1) is 13.9. The van der Waals surface area contributed by atoms with Gasteiger partial charge in [-0.1, -0.05) is 0 Å². The van der Waals surface area contributed by atoms with Gasteiger partial charge in [-0.25, -0.2) is 13.6 Å². The third kappa shape index (κ3) is 3.38. The summed E-state index contributed by atoms with van der Waals surface area (Å²) in [7, 11) is 1.40. The van der Waals surface area contributed by atoms with Gasteiger partial charge in [0.1, 0.15) is 6.04 Å². The number of rotatable bonds is 3. The average molecular weight is 249 g/mol. The molecule has 0 aromatic heterocycles. The molecule has 1 aliphatic rings. The van der Waals surface area contributed by atoms with Gasteiger partial charge in [0.25, 0.3) is 0 Å². The van der Waals surface area contributed by atoms with Crippen LogP contribution in [-0.4, -0.2) is 40.9 Å². The lowest BCUT2D eigenvalue weighted by Gasteiger charge is -2.35. The van der Waals surface area contributed by atoms with E-state index in [9.17, 15) is 18.4 Å². The number of hydrogen-bond donors (Lipinski definition) is 1. The van der Waals surface area contributed by atoms with Gasteiger partial charge in [0.2, 0.25) is 11.8 Å². The van der Waals surface area contributed by atoms with E-state index in [2.05, 4.69) is 0 Å². The molecule has 17 heavy (non-hydrogen) atoms. The van der Waals surface area contributed by atoms with E-state index < -0.39 is 17.9 Å². The number of carboxylic acid groups (broad SMARTS) is 1. The molecule has 1 fully saturated rings. The summed E-state index contributed by atoms with van der Waals surface area (Å²) in [4.78, 5) is 23.4. The fraction of sp³-hybridized carbons (Fsp3) is 0.818. The summed E-state index contributed by atoms with van der Waals surface area (Å²) < 4.78 is 25.9. The molecule has 1 amide bonds. The first-order valence-corrected chi connectivity index (χ1v) is 5.58. The van der Waals surface area contributed by atoms with E-state index in [1.165, 1.54) is 14.0 Å². The average Bonchev–Trinajstić information content (AvgIpc) is 2.20. The predicted molar refractivity (Wildman–Crippen MR) is 56.8 cm³/mol. The Hall–Kier alpha value is -1.20. The number of carboxylic acids is 1. The molecule has 0 radical (unpaired) electrons. The highest BCUT2D eigenvalue weighted by atomic mass is 19.3. The van der Waals surface area contributed by atoms with Gasteiger partial charge in [-0.05, 0) is 18.8 Å². The van der Waals surface area contributed by atoms with Crippen molar-refractivity contribution in [2.24, 2.45) is 5.92 Å². The lowest BCUT2D eigenvalue weighted by Crippen LogP contribution is -2.48. The van der Waals surface area contributed by atoms with Crippen LogP contribution < -0.4 is 0 Å². The van der Waals surface area contributed by atoms with Crippen molar-refractivity contribution in [3.8, 4) is 0 Å². The van der Waals surface area contributed by atoms with Crippen molar-refractivity contribution >= 4 is 11.9 Å². The largest absolute Gasteiger partial charge is 0.480 e. The Morgan fingerprint density at radius 3 is 2.18 bits per heavy atom. The van der Waals surface area contributed by atoms with Crippen LogP contribution in [0.2, 0.25) is 0 Å². The topological polar surface area (TPSA) is 57.6 Å². The van der Waals surface area contributed by atoms with Crippen molar-refractivity contribution in [3.63, 3.8) is 0 Å². The maximum Gasteiger partial charge on any atom is 0.326 e. The maximum absolute atomic E-state index is 13.0. The zero-order valence-corrected chi connectivity index (χ0v) is 9.95. The molecule has 0 bridgehead atoms. The van der Waals surface area contributed by atoms with Crippen LogP contribution in [0, 0.1) is 5.92 Å². The minimum atomic E-state index is -2.69. The Kier molecular flexibility index (Phi) is 4.06. The van der Waals surface area contributed by atoms with Crippen molar-refractivity contribution in [1.29, 1.82) is 0 Å². The van der Waals surface area contributed by atoms with Crippen LogP contribution in [-0.2, 0) is 9.59 Å². The van der Waals surface area contributed by atoms with Gasteiger partial charge < -0.3 is 10.0 Å². The van der Waals surface area contributed by atoms with E-state index in [0.29, 0.717) is 0 Å². The van der Waals surface area contributed by atoms with Gasteiger partial charge in [0.05, 0.1) is 0 Å². The molecule has 1 atom stereocenters.